The van der Waals surface area contributed by atoms with Crippen LogP contribution in [0.2, 0.25) is 0 Å². The summed E-state index contributed by atoms with van der Waals surface area (Å²) in [5.74, 6) is 1.70. The van der Waals surface area contributed by atoms with Gasteiger partial charge >= 0.3 is 0 Å². The lowest BCUT2D eigenvalue weighted by atomic mass is 9.97. The molecule has 7 nitrogen and oxygen atoms in total. The Kier molecular flexibility index (Phi) is 5.91. The number of rotatable bonds is 5. The second-order valence-corrected chi connectivity index (χ2v) is 8.39. The minimum absolute atomic E-state index is 0.0102. The molecule has 174 valence electrons. The first kappa shape index (κ1) is 21.9. The fraction of sp³-hybridized carbons (Fsp3) is 0.280. The van der Waals surface area contributed by atoms with Crippen LogP contribution in [0.1, 0.15) is 30.4 Å². The highest BCUT2D eigenvalue weighted by atomic mass is 19.1. The molecule has 5 rings (SSSR count). The predicted molar refractivity (Wildman–Crippen MR) is 121 cm³/mol. The average Bonchev–Trinajstić information content (AvgIpc) is 3.47. The minimum Gasteiger partial charge on any atom is -0.446 e. The van der Waals surface area contributed by atoms with Crippen LogP contribution in [0.15, 0.2) is 59.1 Å². The molecule has 1 saturated heterocycles. The smallest absolute Gasteiger partial charge is 0.244 e. The van der Waals surface area contributed by atoms with Gasteiger partial charge < -0.3 is 9.32 Å². The van der Waals surface area contributed by atoms with E-state index >= 15 is 0 Å². The number of benzene rings is 2. The molecule has 1 fully saturated rings. The van der Waals surface area contributed by atoms with E-state index in [1.165, 1.54) is 28.9 Å². The van der Waals surface area contributed by atoms with Crippen LogP contribution in [-0.4, -0.2) is 43.6 Å². The van der Waals surface area contributed by atoms with E-state index in [-0.39, 0.29) is 30.0 Å². The summed E-state index contributed by atoms with van der Waals surface area (Å²) in [5, 5.41) is 4.53. The van der Waals surface area contributed by atoms with Crippen molar-refractivity contribution in [2.75, 3.05) is 13.1 Å². The number of aryl methyl sites for hydroxylation is 1. The second-order valence-electron chi connectivity index (χ2n) is 8.39. The predicted octanol–water partition coefficient (Wildman–Crippen LogP) is 4.59. The average molecular weight is 463 g/mol. The molecule has 1 aliphatic rings. The van der Waals surface area contributed by atoms with Gasteiger partial charge in [0.2, 0.25) is 5.91 Å². The van der Waals surface area contributed by atoms with E-state index in [1.54, 1.807) is 35.4 Å². The summed E-state index contributed by atoms with van der Waals surface area (Å²) in [7, 11) is 0. The van der Waals surface area contributed by atoms with Crippen LogP contribution >= 0.6 is 0 Å². The van der Waals surface area contributed by atoms with Crippen LogP contribution in [0.4, 0.5) is 8.78 Å². The highest BCUT2D eigenvalue weighted by Gasteiger charge is 2.27. The largest absolute Gasteiger partial charge is 0.446 e. The molecule has 0 atom stereocenters. The van der Waals surface area contributed by atoms with Gasteiger partial charge in [0.1, 0.15) is 23.9 Å². The van der Waals surface area contributed by atoms with Crippen molar-refractivity contribution >= 4 is 5.91 Å². The molecule has 1 aliphatic heterocycles. The molecule has 3 heterocycles. The molecule has 2 aromatic heterocycles. The lowest BCUT2D eigenvalue weighted by Crippen LogP contribution is -2.40. The van der Waals surface area contributed by atoms with Gasteiger partial charge in [-0.15, -0.1) is 5.10 Å². The van der Waals surface area contributed by atoms with Gasteiger partial charge in [-0.05, 0) is 68.3 Å². The standard InChI is InChI=1S/C25H23F2N5O2/c1-16-14-28-25(34-16)19-10-12-31(13-11-19)22(33)15-32-24(18-4-8-21(27)9-5-18)29-23(30-32)17-2-6-20(26)7-3-17/h2-9,14,19H,10-13,15H2,1H3. The van der Waals surface area contributed by atoms with Crippen LogP contribution in [0.5, 0.6) is 0 Å². The third-order valence-corrected chi connectivity index (χ3v) is 6.00. The number of nitrogens with zero attached hydrogens (tertiary/aromatic N) is 5. The van der Waals surface area contributed by atoms with E-state index in [2.05, 4.69) is 15.1 Å². The Labute approximate surface area is 195 Å². The fourth-order valence-corrected chi connectivity index (χ4v) is 4.15. The van der Waals surface area contributed by atoms with Gasteiger partial charge in [-0.3, -0.25) is 4.79 Å². The Morgan fingerprint density at radius 3 is 2.21 bits per heavy atom. The first-order chi connectivity index (χ1) is 16.5. The van der Waals surface area contributed by atoms with Crippen molar-refractivity contribution in [2.45, 2.75) is 32.2 Å². The third-order valence-electron chi connectivity index (χ3n) is 6.00. The number of amides is 1. The molecule has 0 spiro atoms. The van der Waals surface area contributed by atoms with Crippen molar-refractivity contribution in [3.8, 4) is 22.8 Å². The molecule has 0 bridgehead atoms. The minimum atomic E-state index is -0.367. The molecule has 2 aromatic carbocycles. The number of carbonyl (C=O) groups is 1. The van der Waals surface area contributed by atoms with E-state index in [1.807, 2.05) is 6.92 Å². The fourth-order valence-electron chi connectivity index (χ4n) is 4.15. The number of carbonyl (C=O) groups excluding carboxylic acids is 1. The Balaban J connectivity index is 1.36. The van der Waals surface area contributed by atoms with Crippen molar-refractivity contribution in [1.29, 1.82) is 0 Å². The molecule has 1 amide bonds. The maximum absolute atomic E-state index is 13.5. The van der Waals surface area contributed by atoms with Crippen molar-refractivity contribution in [2.24, 2.45) is 0 Å². The zero-order chi connectivity index (χ0) is 23.7. The van der Waals surface area contributed by atoms with E-state index < -0.39 is 0 Å². The summed E-state index contributed by atoms with van der Waals surface area (Å²) in [5.41, 5.74) is 1.26. The summed E-state index contributed by atoms with van der Waals surface area (Å²) in [6.45, 7) is 3.04. The molecule has 0 radical (unpaired) electrons. The van der Waals surface area contributed by atoms with Crippen LogP contribution in [0, 0.1) is 18.6 Å². The van der Waals surface area contributed by atoms with Crippen LogP contribution in [-0.2, 0) is 11.3 Å². The van der Waals surface area contributed by atoms with Crippen LogP contribution in [0.25, 0.3) is 22.8 Å². The summed E-state index contributed by atoms with van der Waals surface area (Å²) in [6, 6.07) is 11.7. The lowest BCUT2D eigenvalue weighted by molar-refractivity contribution is -0.133. The zero-order valence-corrected chi connectivity index (χ0v) is 18.6. The molecule has 0 N–H and O–H groups in total. The second kappa shape index (κ2) is 9.17. The first-order valence-corrected chi connectivity index (χ1v) is 11.1. The molecule has 34 heavy (non-hydrogen) atoms. The molecule has 0 aliphatic carbocycles. The Morgan fingerprint density at radius 1 is 1.00 bits per heavy atom. The maximum Gasteiger partial charge on any atom is 0.244 e. The van der Waals surface area contributed by atoms with Crippen molar-refractivity contribution in [3.63, 3.8) is 0 Å². The monoisotopic (exact) mass is 463 g/mol. The van der Waals surface area contributed by atoms with E-state index in [4.69, 9.17) is 4.42 Å². The third kappa shape index (κ3) is 4.59. The van der Waals surface area contributed by atoms with Gasteiger partial charge in [-0.2, -0.15) is 0 Å². The zero-order valence-electron chi connectivity index (χ0n) is 18.6. The van der Waals surface area contributed by atoms with Gasteiger partial charge in [-0.1, -0.05) is 0 Å². The van der Waals surface area contributed by atoms with Crippen LogP contribution in [0.3, 0.4) is 0 Å². The van der Waals surface area contributed by atoms with Crippen molar-refractivity contribution in [1.82, 2.24) is 24.6 Å². The highest BCUT2D eigenvalue weighted by molar-refractivity contribution is 5.77. The van der Waals surface area contributed by atoms with Gasteiger partial charge in [0.25, 0.3) is 0 Å². The number of hydrogen-bond acceptors (Lipinski definition) is 5. The number of halogens is 2. The quantitative estimate of drug-likeness (QED) is 0.433. The molecular weight excluding hydrogens is 440 g/mol. The topological polar surface area (TPSA) is 77.1 Å². The number of oxazole rings is 1. The normalized spacial score (nSPS) is 14.5. The molecule has 0 unspecified atom stereocenters. The lowest BCUT2D eigenvalue weighted by Gasteiger charge is -2.30. The summed E-state index contributed by atoms with van der Waals surface area (Å²) < 4.78 is 34.0. The highest BCUT2D eigenvalue weighted by Crippen LogP contribution is 2.28. The van der Waals surface area contributed by atoms with Gasteiger partial charge in [0, 0.05) is 30.1 Å². The molecular formula is C25H23F2N5O2. The molecule has 0 saturated carbocycles. The number of likely N-dealkylation sites (tertiary alicyclic amines) is 1. The summed E-state index contributed by atoms with van der Waals surface area (Å²) in [6.07, 6.45) is 3.26. The SMILES string of the molecule is Cc1cnc(C2CCN(C(=O)Cn3nc(-c4ccc(F)cc4)nc3-c3ccc(F)cc3)CC2)o1. The van der Waals surface area contributed by atoms with Crippen molar-refractivity contribution < 1.29 is 18.0 Å². The van der Waals surface area contributed by atoms with Crippen LogP contribution < -0.4 is 0 Å². The van der Waals surface area contributed by atoms with E-state index in [0.717, 1.165) is 24.5 Å². The van der Waals surface area contributed by atoms with Gasteiger partial charge in [0.05, 0.1) is 6.20 Å². The van der Waals surface area contributed by atoms with Gasteiger partial charge in [0.15, 0.2) is 17.5 Å². The van der Waals surface area contributed by atoms with Crippen molar-refractivity contribution in [3.05, 3.63) is 78.0 Å². The Hall–Kier alpha value is -3.88. The first-order valence-electron chi connectivity index (χ1n) is 11.1. The van der Waals surface area contributed by atoms with E-state index in [9.17, 15) is 13.6 Å². The van der Waals surface area contributed by atoms with E-state index in [0.29, 0.717) is 35.9 Å². The molecule has 4 aromatic rings. The Bertz CT molecular complexity index is 1290. The number of aromatic nitrogens is 4. The number of hydrogen-bond donors (Lipinski definition) is 0. The summed E-state index contributed by atoms with van der Waals surface area (Å²) in [4.78, 5) is 23.8. The molecule has 9 heteroatoms. The Morgan fingerprint density at radius 2 is 1.62 bits per heavy atom. The number of piperidine rings is 1. The summed E-state index contributed by atoms with van der Waals surface area (Å²) >= 11 is 0. The maximum atomic E-state index is 13.5. The van der Waals surface area contributed by atoms with Gasteiger partial charge in [-0.25, -0.2) is 23.4 Å².